The summed E-state index contributed by atoms with van der Waals surface area (Å²) in [7, 11) is -2.80. The molecule has 12 heteroatoms. The van der Waals surface area contributed by atoms with E-state index in [1.807, 2.05) is 0 Å². The Labute approximate surface area is 164 Å². The first kappa shape index (κ1) is 19.6. The van der Waals surface area contributed by atoms with Gasteiger partial charge in [0.05, 0.1) is 0 Å². The van der Waals surface area contributed by atoms with Crippen molar-refractivity contribution in [2.24, 2.45) is 12.2 Å². The van der Waals surface area contributed by atoms with E-state index in [1.165, 1.54) is 11.0 Å². The van der Waals surface area contributed by atoms with Gasteiger partial charge in [-0.2, -0.15) is 10.1 Å². The van der Waals surface area contributed by atoms with Gasteiger partial charge in [0.15, 0.2) is 0 Å². The smallest absolute Gasteiger partial charge is 0.243 e. The largest absolute Gasteiger partial charge is 0.473 e. The molecule has 3 aromatic rings. The maximum atomic E-state index is 14.6. The summed E-state index contributed by atoms with van der Waals surface area (Å²) in [6, 6.07) is 1.28. The van der Waals surface area contributed by atoms with Crippen LogP contribution in [0.25, 0.3) is 22.3 Å². The molecule has 0 radical (unpaired) electrons. The Balaban J connectivity index is 1.82. The van der Waals surface area contributed by atoms with Crippen molar-refractivity contribution in [2.75, 3.05) is 13.1 Å². The summed E-state index contributed by atoms with van der Waals surface area (Å²) in [6.45, 7) is 1.66. The highest BCUT2D eigenvalue weighted by Crippen LogP contribution is 2.33. The lowest BCUT2D eigenvalue weighted by atomic mass is 10.1. The average molecular weight is 424 g/mol. The van der Waals surface area contributed by atoms with Crippen LogP contribution in [0.2, 0.25) is 0 Å². The summed E-state index contributed by atoms with van der Waals surface area (Å²) >= 11 is 0. The van der Waals surface area contributed by atoms with Gasteiger partial charge in [-0.25, -0.2) is 27.3 Å². The summed E-state index contributed by atoms with van der Waals surface area (Å²) < 4.78 is 59.2. The molecule has 29 heavy (non-hydrogen) atoms. The highest BCUT2D eigenvalue weighted by molar-refractivity contribution is 7.89. The van der Waals surface area contributed by atoms with Crippen LogP contribution in [0.3, 0.4) is 0 Å². The summed E-state index contributed by atoms with van der Waals surface area (Å²) in [5.74, 6) is -1.87. The number of halogens is 2. The number of sulfonamides is 1. The van der Waals surface area contributed by atoms with E-state index in [-0.39, 0.29) is 22.9 Å². The van der Waals surface area contributed by atoms with Gasteiger partial charge in [-0.05, 0) is 38.1 Å². The van der Waals surface area contributed by atoms with Crippen LogP contribution in [0, 0.1) is 11.6 Å². The molecule has 1 aliphatic heterocycles. The zero-order valence-electron chi connectivity index (χ0n) is 15.4. The zero-order chi connectivity index (χ0) is 20.8. The van der Waals surface area contributed by atoms with Crippen LogP contribution in [-0.4, -0.2) is 47.4 Å². The Morgan fingerprint density at radius 3 is 2.62 bits per heavy atom. The molecular weight excluding hydrogens is 406 g/mol. The molecule has 4 rings (SSSR count). The number of nitrogens with zero attached hydrogens (tertiary/aromatic N) is 4. The van der Waals surface area contributed by atoms with E-state index in [9.17, 15) is 17.2 Å². The monoisotopic (exact) mass is 424 g/mol. The van der Waals surface area contributed by atoms with Crippen molar-refractivity contribution in [2.45, 2.75) is 23.8 Å². The van der Waals surface area contributed by atoms with E-state index in [2.05, 4.69) is 20.4 Å². The number of nitrogens with two attached hydrogens (primary N) is 1. The van der Waals surface area contributed by atoms with Gasteiger partial charge in [-0.3, -0.25) is 4.68 Å². The van der Waals surface area contributed by atoms with Crippen LogP contribution in [0.5, 0.6) is 5.88 Å². The third-order valence-corrected chi connectivity index (χ3v) is 5.66. The third kappa shape index (κ3) is 3.66. The fourth-order valence-electron chi connectivity index (χ4n) is 3.34. The number of piperidine rings is 1. The fourth-order valence-corrected chi connectivity index (χ4v) is 3.94. The number of aryl methyl sites for hydroxylation is 1. The predicted molar refractivity (Wildman–Crippen MR) is 99.5 cm³/mol. The summed E-state index contributed by atoms with van der Waals surface area (Å²) in [5.41, 5.74) is 0.480. The molecule has 1 aliphatic rings. The maximum Gasteiger partial charge on any atom is 0.243 e. The molecule has 0 bridgehead atoms. The molecule has 2 aromatic heterocycles. The molecule has 1 saturated heterocycles. The van der Waals surface area contributed by atoms with Gasteiger partial charge in [0, 0.05) is 12.6 Å². The van der Waals surface area contributed by atoms with Crippen molar-refractivity contribution in [3.05, 3.63) is 30.1 Å². The van der Waals surface area contributed by atoms with Gasteiger partial charge in [0.1, 0.15) is 45.7 Å². The molecule has 154 valence electrons. The van der Waals surface area contributed by atoms with E-state index < -0.39 is 26.6 Å². The Bertz CT molecular complexity index is 1190. The molecule has 1 aromatic carbocycles. The van der Waals surface area contributed by atoms with Gasteiger partial charge in [0.25, 0.3) is 0 Å². The number of fused-ring (bicyclic) bond motifs is 1. The SMILES string of the molecule is Cn1nc(-c2cc(F)c(S(N)(=O)=O)cc2F)c2ncnc(OC3CCNCC3)c21. The minimum atomic E-state index is -4.41. The fraction of sp³-hybridized carbons (Fsp3) is 0.353. The van der Waals surface area contributed by atoms with Crippen LogP contribution in [0.4, 0.5) is 8.78 Å². The molecule has 3 N–H and O–H groups in total. The first-order valence-electron chi connectivity index (χ1n) is 8.83. The van der Waals surface area contributed by atoms with Gasteiger partial charge in [0.2, 0.25) is 15.9 Å². The second kappa shape index (κ2) is 7.28. The molecule has 1 fully saturated rings. The molecule has 0 aliphatic carbocycles. The highest BCUT2D eigenvalue weighted by atomic mass is 32.2. The van der Waals surface area contributed by atoms with Gasteiger partial charge in [-0.15, -0.1) is 0 Å². The topological polar surface area (TPSA) is 125 Å². The number of aromatic nitrogens is 4. The zero-order valence-corrected chi connectivity index (χ0v) is 16.2. The Morgan fingerprint density at radius 2 is 1.93 bits per heavy atom. The van der Waals surface area contributed by atoms with Crippen LogP contribution in [-0.2, 0) is 17.1 Å². The minimum Gasteiger partial charge on any atom is -0.473 e. The number of hydrogen-bond acceptors (Lipinski definition) is 7. The Kier molecular flexibility index (Phi) is 4.92. The normalized spacial score (nSPS) is 15.7. The quantitative estimate of drug-likeness (QED) is 0.642. The number of ether oxygens (including phenoxy) is 1. The molecule has 0 unspecified atom stereocenters. The van der Waals surface area contributed by atoms with E-state index in [1.54, 1.807) is 7.05 Å². The standard InChI is InChI=1S/C17H18F2N6O3S/c1-25-16-15(22-8-23-17(16)28-9-2-4-21-5-3-9)14(24-25)10-6-12(19)13(7-11(10)18)29(20,26)27/h6-9,21H,2-5H2,1H3,(H2,20,26,27). The molecule has 0 atom stereocenters. The summed E-state index contributed by atoms with van der Waals surface area (Å²) in [5, 5.41) is 12.4. The van der Waals surface area contributed by atoms with Gasteiger partial charge in [-0.1, -0.05) is 0 Å². The number of rotatable bonds is 4. The summed E-state index contributed by atoms with van der Waals surface area (Å²) in [4.78, 5) is 7.40. The average Bonchev–Trinajstić information content (AvgIpc) is 3.01. The lowest BCUT2D eigenvalue weighted by Gasteiger charge is -2.23. The third-order valence-electron chi connectivity index (χ3n) is 4.73. The molecule has 0 amide bonds. The van der Waals surface area contributed by atoms with Crippen LogP contribution >= 0.6 is 0 Å². The van der Waals surface area contributed by atoms with Crippen molar-refractivity contribution in [3.63, 3.8) is 0 Å². The number of nitrogens with one attached hydrogen (secondary N) is 1. The van der Waals surface area contributed by atoms with Crippen molar-refractivity contribution in [3.8, 4) is 17.1 Å². The second-order valence-electron chi connectivity index (χ2n) is 6.72. The minimum absolute atomic E-state index is 0.0316. The summed E-state index contributed by atoms with van der Waals surface area (Å²) in [6.07, 6.45) is 2.85. The lowest BCUT2D eigenvalue weighted by molar-refractivity contribution is 0.157. The van der Waals surface area contributed by atoms with E-state index in [0.717, 1.165) is 32.0 Å². The molecule has 3 heterocycles. The molecule has 0 spiro atoms. The molecule has 9 nitrogen and oxygen atoms in total. The van der Waals surface area contributed by atoms with E-state index in [4.69, 9.17) is 9.88 Å². The number of hydrogen-bond donors (Lipinski definition) is 2. The molecule has 0 saturated carbocycles. The van der Waals surface area contributed by atoms with Gasteiger partial charge < -0.3 is 10.1 Å². The van der Waals surface area contributed by atoms with Gasteiger partial charge >= 0.3 is 0 Å². The Hall–Kier alpha value is -2.70. The number of benzene rings is 1. The predicted octanol–water partition coefficient (Wildman–Crippen LogP) is 1.09. The lowest BCUT2D eigenvalue weighted by Crippen LogP contribution is -2.34. The van der Waals surface area contributed by atoms with Crippen molar-refractivity contribution < 1.29 is 21.9 Å². The second-order valence-corrected chi connectivity index (χ2v) is 8.25. The van der Waals surface area contributed by atoms with Crippen LogP contribution in [0.15, 0.2) is 23.4 Å². The maximum absolute atomic E-state index is 14.6. The van der Waals surface area contributed by atoms with Crippen LogP contribution < -0.4 is 15.2 Å². The first-order valence-corrected chi connectivity index (χ1v) is 10.4. The van der Waals surface area contributed by atoms with Crippen molar-refractivity contribution >= 4 is 21.1 Å². The number of primary sulfonamides is 1. The van der Waals surface area contributed by atoms with Crippen LogP contribution in [0.1, 0.15) is 12.8 Å². The molecular formula is C17H18F2N6O3S. The Morgan fingerprint density at radius 1 is 1.21 bits per heavy atom. The first-order chi connectivity index (χ1) is 13.8. The highest BCUT2D eigenvalue weighted by Gasteiger charge is 2.25. The van der Waals surface area contributed by atoms with E-state index >= 15 is 0 Å². The van der Waals surface area contributed by atoms with Crippen molar-refractivity contribution in [1.29, 1.82) is 0 Å². The van der Waals surface area contributed by atoms with Crippen molar-refractivity contribution in [1.82, 2.24) is 25.1 Å². The van der Waals surface area contributed by atoms with E-state index in [0.29, 0.717) is 17.5 Å².